The van der Waals surface area contributed by atoms with E-state index in [1.54, 1.807) is 19.2 Å². The van der Waals surface area contributed by atoms with E-state index in [2.05, 4.69) is 15.0 Å². The van der Waals surface area contributed by atoms with Crippen LogP contribution < -0.4 is 20.5 Å². The molecule has 2 heterocycles. The Kier molecular flexibility index (Phi) is 6.98. The fourth-order valence-electron chi connectivity index (χ4n) is 3.29. The Morgan fingerprint density at radius 3 is 2.82 bits per heavy atom. The number of amides is 1. The molecule has 2 aromatic heterocycles. The van der Waals surface area contributed by atoms with Crippen molar-refractivity contribution in [2.24, 2.45) is 7.05 Å². The number of hydrogen-bond acceptors (Lipinski definition) is 9. The van der Waals surface area contributed by atoms with Crippen molar-refractivity contribution < 1.29 is 22.4 Å². The van der Waals surface area contributed by atoms with E-state index >= 15 is 0 Å². The van der Waals surface area contributed by atoms with Crippen molar-refractivity contribution in [2.75, 3.05) is 24.4 Å². The van der Waals surface area contributed by atoms with Gasteiger partial charge in [0.25, 0.3) is 0 Å². The van der Waals surface area contributed by atoms with Crippen LogP contribution in [0.25, 0.3) is 21.3 Å². The van der Waals surface area contributed by atoms with Gasteiger partial charge in [-0.1, -0.05) is 11.3 Å². The van der Waals surface area contributed by atoms with Gasteiger partial charge in [-0.25, -0.2) is 18.2 Å². The number of anilines is 1. The van der Waals surface area contributed by atoms with E-state index in [1.165, 1.54) is 52.9 Å². The van der Waals surface area contributed by atoms with Crippen LogP contribution in [0.4, 0.5) is 5.13 Å². The highest BCUT2D eigenvalue weighted by molar-refractivity contribution is 7.98. The summed E-state index contributed by atoms with van der Waals surface area (Å²) in [7, 11) is -0.986. The standard InChI is InChI=1S/C21H22N4O6S3/c1-25-16-7-5-13(11-17(16)31-21(25)27)34(28,29)24-15(8-9-32-3)19(26)23-20-22-14-6-4-12(30-2)10-18(14)33-20/h4-7,10-11,15,24H,8-9H2,1-3H3,(H,22,23,26)/t15-/m1/s1. The van der Waals surface area contributed by atoms with Gasteiger partial charge < -0.3 is 14.5 Å². The number of thiazole rings is 1. The van der Waals surface area contributed by atoms with Gasteiger partial charge >= 0.3 is 5.76 Å². The van der Waals surface area contributed by atoms with E-state index < -0.39 is 27.7 Å². The molecular weight excluding hydrogens is 500 g/mol. The van der Waals surface area contributed by atoms with Crippen LogP contribution in [-0.2, 0) is 21.9 Å². The molecule has 0 unspecified atom stereocenters. The van der Waals surface area contributed by atoms with Crippen molar-refractivity contribution in [1.82, 2.24) is 14.3 Å². The minimum atomic E-state index is -4.08. The Bertz CT molecular complexity index is 1520. The SMILES string of the molecule is COc1ccc2nc(NC(=O)[C@@H](CCSC)NS(=O)(=O)c3ccc4c(c3)oc(=O)n4C)sc2c1. The lowest BCUT2D eigenvalue weighted by Crippen LogP contribution is -2.44. The molecule has 34 heavy (non-hydrogen) atoms. The molecule has 180 valence electrons. The second kappa shape index (κ2) is 9.78. The molecule has 0 bridgehead atoms. The molecule has 0 fully saturated rings. The maximum absolute atomic E-state index is 13.1. The summed E-state index contributed by atoms with van der Waals surface area (Å²) < 4.78 is 41.0. The van der Waals surface area contributed by atoms with Gasteiger partial charge in [-0.3, -0.25) is 9.36 Å². The Morgan fingerprint density at radius 2 is 2.09 bits per heavy atom. The average Bonchev–Trinajstić information content (AvgIpc) is 3.34. The first-order valence-corrected chi connectivity index (χ1v) is 13.8. The molecule has 1 atom stereocenters. The van der Waals surface area contributed by atoms with Gasteiger partial charge in [0.1, 0.15) is 11.8 Å². The van der Waals surface area contributed by atoms with Gasteiger partial charge in [-0.2, -0.15) is 16.5 Å². The zero-order valence-corrected chi connectivity index (χ0v) is 21.0. The van der Waals surface area contributed by atoms with Crippen molar-refractivity contribution in [3.8, 4) is 5.75 Å². The largest absolute Gasteiger partial charge is 0.497 e. The van der Waals surface area contributed by atoms with Gasteiger partial charge in [0, 0.05) is 13.1 Å². The van der Waals surface area contributed by atoms with Crippen LogP contribution in [0.5, 0.6) is 5.75 Å². The summed E-state index contributed by atoms with van der Waals surface area (Å²) in [6.45, 7) is 0. The molecule has 1 amide bonds. The predicted molar refractivity (Wildman–Crippen MR) is 133 cm³/mol. The summed E-state index contributed by atoms with van der Waals surface area (Å²) >= 11 is 2.76. The van der Waals surface area contributed by atoms with Gasteiger partial charge in [0.05, 0.1) is 27.7 Å². The summed E-state index contributed by atoms with van der Waals surface area (Å²) in [5, 5.41) is 3.08. The summed E-state index contributed by atoms with van der Waals surface area (Å²) in [5.41, 5.74) is 1.30. The number of nitrogens with one attached hydrogen (secondary N) is 2. The normalized spacial score (nSPS) is 12.8. The van der Waals surface area contributed by atoms with E-state index in [0.29, 0.717) is 27.7 Å². The van der Waals surface area contributed by atoms with Crippen molar-refractivity contribution in [1.29, 1.82) is 0 Å². The quantitative estimate of drug-likeness (QED) is 0.343. The Morgan fingerprint density at radius 1 is 1.29 bits per heavy atom. The van der Waals surface area contributed by atoms with Crippen LogP contribution in [0.2, 0.25) is 0 Å². The van der Waals surface area contributed by atoms with Crippen molar-refractivity contribution >= 4 is 65.5 Å². The predicted octanol–water partition coefficient (Wildman–Crippen LogP) is 2.79. The minimum Gasteiger partial charge on any atom is -0.497 e. The number of nitrogens with zero attached hydrogens (tertiary/aromatic N) is 2. The van der Waals surface area contributed by atoms with Crippen molar-refractivity contribution in [3.05, 3.63) is 46.9 Å². The summed E-state index contributed by atoms with van der Waals surface area (Å²) in [6, 6.07) is 8.46. The average molecular weight is 523 g/mol. The second-order valence-corrected chi connectivity index (χ2v) is 11.1. The number of carbonyl (C=O) groups excluding carboxylic acids is 1. The lowest BCUT2D eigenvalue weighted by atomic mass is 10.2. The molecule has 0 aliphatic heterocycles. The van der Waals surface area contributed by atoms with Crippen LogP contribution in [0.3, 0.4) is 0 Å². The van der Waals surface area contributed by atoms with Crippen LogP contribution >= 0.6 is 23.1 Å². The number of ether oxygens (including phenoxy) is 1. The zero-order valence-electron chi connectivity index (χ0n) is 18.5. The van der Waals surface area contributed by atoms with Gasteiger partial charge in [-0.05, 0) is 48.8 Å². The second-order valence-electron chi connectivity index (χ2n) is 7.35. The van der Waals surface area contributed by atoms with Gasteiger partial charge in [0.15, 0.2) is 10.7 Å². The molecule has 0 saturated carbocycles. The number of benzene rings is 2. The number of aryl methyl sites for hydroxylation is 1. The third-order valence-electron chi connectivity index (χ3n) is 5.12. The Balaban J connectivity index is 1.57. The number of fused-ring (bicyclic) bond motifs is 2. The lowest BCUT2D eigenvalue weighted by Gasteiger charge is -2.17. The summed E-state index contributed by atoms with van der Waals surface area (Å²) in [4.78, 5) is 29.0. The fraction of sp³-hybridized carbons (Fsp3) is 0.286. The van der Waals surface area contributed by atoms with E-state index in [4.69, 9.17) is 9.15 Å². The number of carbonyl (C=O) groups is 1. The highest BCUT2D eigenvalue weighted by Gasteiger charge is 2.27. The number of sulfonamides is 1. The molecule has 2 aromatic carbocycles. The molecule has 10 nitrogen and oxygen atoms in total. The highest BCUT2D eigenvalue weighted by Crippen LogP contribution is 2.29. The summed E-state index contributed by atoms with van der Waals surface area (Å²) in [5.74, 6) is 0.120. The van der Waals surface area contributed by atoms with Crippen LogP contribution in [0, 0.1) is 0 Å². The van der Waals surface area contributed by atoms with Crippen molar-refractivity contribution in [3.63, 3.8) is 0 Å². The number of hydrogen-bond donors (Lipinski definition) is 2. The third kappa shape index (κ3) is 4.97. The molecule has 4 aromatic rings. The topological polar surface area (TPSA) is 133 Å². The van der Waals surface area contributed by atoms with E-state index in [1.807, 2.05) is 12.3 Å². The first kappa shape index (κ1) is 24.3. The highest BCUT2D eigenvalue weighted by atomic mass is 32.2. The fourth-order valence-corrected chi connectivity index (χ4v) is 5.91. The Labute approximate surface area is 203 Å². The van der Waals surface area contributed by atoms with Gasteiger partial charge in [0.2, 0.25) is 15.9 Å². The molecule has 13 heteroatoms. The first-order valence-electron chi connectivity index (χ1n) is 10.1. The maximum atomic E-state index is 13.1. The Hall–Kier alpha value is -2.87. The van der Waals surface area contributed by atoms with Crippen LogP contribution in [0.1, 0.15) is 6.42 Å². The monoisotopic (exact) mass is 522 g/mol. The number of thioether (sulfide) groups is 1. The van der Waals surface area contributed by atoms with Crippen molar-refractivity contribution in [2.45, 2.75) is 17.4 Å². The maximum Gasteiger partial charge on any atom is 0.419 e. The zero-order chi connectivity index (χ0) is 24.5. The molecule has 2 N–H and O–H groups in total. The van der Waals surface area contributed by atoms with Crippen LogP contribution in [0.15, 0.2) is 50.5 Å². The minimum absolute atomic E-state index is 0.108. The number of methoxy groups -OCH3 is 1. The number of oxazole rings is 1. The van der Waals surface area contributed by atoms with Crippen LogP contribution in [-0.4, -0.2) is 49.0 Å². The summed E-state index contributed by atoms with van der Waals surface area (Å²) in [6.07, 6.45) is 2.14. The molecule has 0 aliphatic carbocycles. The molecule has 0 radical (unpaired) electrons. The molecule has 0 saturated heterocycles. The molecule has 0 aliphatic rings. The molecule has 4 rings (SSSR count). The van der Waals surface area contributed by atoms with Gasteiger partial charge in [-0.15, -0.1) is 0 Å². The van der Waals surface area contributed by atoms with E-state index in [-0.39, 0.29) is 16.9 Å². The smallest absolute Gasteiger partial charge is 0.419 e. The molecular formula is C21H22N4O6S3. The molecule has 0 spiro atoms. The first-order chi connectivity index (χ1) is 16.2. The number of aromatic nitrogens is 2. The number of rotatable bonds is 9. The van der Waals surface area contributed by atoms with E-state index in [9.17, 15) is 18.0 Å². The third-order valence-corrected chi connectivity index (χ3v) is 8.17. The van der Waals surface area contributed by atoms with E-state index in [0.717, 1.165) is 4.70 Å². The lowest BCUT2D eigenvalue weighted by molar-refractivity contribution is -0.117.